The van der Waals surface area contributed by atoms with Gasteiger partial charge in [-0.05, 0) is 35.7 Å². The molecule has 0 saturated carbocycles. The van der Waals surface area contributed by atoms with Crippen molar-refractivity contribution in [3.05, 3.63) is 70.8 Å². The molecule has 2 aromatic carbocycles. The highest BCUT2D eigenvalue weighted by molar-refractivity contribution is 5.97. The number of amides is 2. The van der Waals surface area contributed by atoms with Crippen LogP contribution < -0.4 is 10.8 Å². The Labute approximate surface area is 194 Å². The molecule has 0 aliphatic carbocycles. The zero-order chi connectivity index (χ0) is 23.6. The molecule has 0 spiro atoms. The number of carbonyl (C=O) groups is 2. The van der Waals surface area contributed by atoms with Crippen molar-refractivity contribution in [1.82, 2.24) is 15.7 Å². The fourth-order valence-corrected chi connectivity index (χ4v) is 3.52. The molecule has 0 radical (unpaired) electrons. The largest absolute Gasteiger partial charge is 0.379 e. The molecular formula is C25H31N3O5. The summed E-state index contributed by atoms with van der Waals surface area (Å²) in [6.07, 6.45) is 3.40. The van der Waals surface area contributed by atoms with Crippen LogP contribution in [0.3, 0.4) is 0 Å². The van der Waals surface area contributed by atoms with E-state index in [1.807, 2.05) is 24.3 Å². The molecular weight excluding hydrogens is 422 g/mol. The van der Waals surface area contributed by atoms with Crippen LogP contribution in [0.5, 0.6) is 0 Å². The van der Waals surface area contributed by atoms with Gasteiger partial charge in [0.05, 0.1) is 19.3 Å². The lowest BCUT2D eigenvalue weighted by atomic mass is 10.1. The summed E-state index contributed by atoms with van der Waals surface area (Å²) < 4.78 is 10.5. The molecule has 3 N–H and O–H groups in total. The molecule has 1 aliphatic rings. The maximum atomic E-state index is 12.5. The van der Waals surface area contributed by atoms with Gasteiger partial charge in [-0.2, -0.15) is 0 Å². The third kappa shape index (κ3) is 7.23. The van der Waals surface area contributed by atoms with Crippen LogP contribution in [-0.2, 0) is 20.8 Å². The van der Waals surface area contributed by atoms with Gasteiger partial charge in [0, 0.05) is 32.3 Å². The zero-order valence-corrected chi connectivity index (χ0v) is 19.0. The first-order valence-electron chi connectivity index (χ1n) is 10.9. The molecule has 1 aliphatic heterocycles. The van der Waals surface area contributed by atoms with E-state index in [9.17, 15) is 9.59 Å². The van der Waals surface area contributed by atoms with Crippen LogP contribution in [0.4, 0.5) is 0 Å². The highest BCUT2D eigenvalue weighted by Crippen LogP contribution is 2.13. The molecule has 1 unspecified atom stereocenters. The summed E-state index contributed by atoms with van der Waals surface area (Å²) >= 11 is 0. The Kier molecular flexibility index (Phi) is 9.14. The minimum atomic E-state index is -1.02. The van der Waals surface area contributed by atoms with E-state index < -0.39 is 24.0 Å². The van der Waals surface area contributed by atoms with Gasteiger partial charge in [-0.15, -0.1) is 0 Å². The third-order valence-electron chi connectivity index (χ3n) is 5.65. The standard InChI is InChI=1S/C25H31N3O5/c1-18(32-2)23(25(30)27-31)26-24(29)22-11-9-20(10-12-22)4-3-19-5-7-21(8-6-19)17-28-13-15-33-16-14-28/h3-12,18,23,31H,13-17H2,1-2H3,(H,26,29)(H,27,30)/b4-3+/t18?,23-/m0/s1. The summed E-state index contributed by atoms with van der Waals surface area (Å²) in [7, 11) is 1.42. The molecule has 1 heterocycles. The number of hydroxylamine groups is 1. The number of rotatable bonds is 9. The Morgan fingerprint density at radius 3 is 2.18 bits per heavy atom. The number of benzene rings is 2. The first-order valence-corrected chi connectivity index (χ1v) is 10.9. The Morgan fingerprint density at radius 2 is 1.64 bits per heavy atom. The number of morpholine rings is 1. The van der Waals surface area contributed by atoms with Gasteiger partial charge in [-0.25, -0.2) is 5.48 Å². The minimum absolute atomic E-state index is 0.402. The van der Waals surface area contributed by atoms with Crippen molar-refractivity contribution < 1.29 is 24.3 Å². The van der Waals surface area contributed by atoms with Gasteiger partial charge >= 0.3 is 0 Å². The van der Waals surface area contributed by atoms with Crippen LogP contribution in [0.1, 0.15) is 34.0 Å². The number of nitrogens with one attached hydrogen (secondary N) is 2. The summed E-state index contributed by atoms with van der Waals surface area (Å²) in [4.78, 5) is 26.7. The second-order valence-electron chi connectivity index (χ2n) is 7.95. The summed E-state index contributed by atoms with van der Waals surface area (Å²) in [5.74, 6) is -1.17. The van der Waals surface area contributed by atoms with Crippen molar-refractivity contribution in [2.24, 2.45) is 0 Å². The number of carbonyl (C=O) groups excluding carboxylic acids is 2. The van der Waals surface area contributed by atoms with E-state index in [-0.39, 0.29) is 0 Å². The maximum absolute atomic E-state index is 12.5. The van der Waals surface area contributed by atoms with E-state index in [1.165, 1.54) is 12.7 Å². The van der Waals surface area contributed by atoms with Crippen LogP contribution >= 0.6 is 0 Å². The highest BCUT2D eigenvalue weighted by Gasteiger charge is 2.27. The molecule has 2 aromatic rings. The average molecular weight is 454 g/mol. The predicted octanol–water partition coefficient (Wildman–Crippen LogP) is 2.33. The molecule has 8 heteroatoms. The summed E-state index contributed by atoms with van der Waals surface area (Å²) in [6.45, 7) is 6.09. The zero-order valence-electron chi connectivity index (χ0n) is 19.0. The molecule has 0 bridgehead atoms. The van der Waals surface area contributed by atoms with Crippen LogP contribution in [0.15, 0.2) is 48.5 Å². The van der Waals surface area contributed by atoms with E-state index in [4.69, 9.17) is 14.7 Å². The molecule has 1 saturated heterocycles. The fourth-order valence-electron chi connectivity index (χ4n) is 3.52. The number of hydrogen-bond donors (Lipinski definition) is 3. The molecule has 2 amide bonds. The van der Waals surface area contributed by atoms with Gasteiger partial charge in [0.1, 0.15) is 6.04 Å². The van der Waals surface area contributed by atoms with E-state index in [0.29, 0.717) is 5.56 Å². The Bertz CT molecular complexity index is 938. The summed E-state index contributed by atoms with van der Waals surface area (Å²) in [6, 6.07) is 14.5. The topological polar surface area (TPSA) is 100 Å². The third-order valence-corrected chi connectivity index (χ3v) is 5.65. The molecule has 3 rings (SSSR count). The molecule has 176 valence electrons. The van der Waals surface area contributed by atoms with Crippen LogP contribution in [-0.4, -0.2) is 67.5 Å². The van der Waals surface area contributed by atoms with Gasteiger partial charge in [0.25, 0.3) is 11.8 Å². The first kappa shape index (κ1) is 24.6. The second-order valence-corrected chi connectivity index (χ2v) is 7.95. The van der Waals surface area contributed by atoms with Gasteiger partial charge in [0.2, 0.25) is 0 Å². The monoisotopic (exact) mass is 453 g/mol. The van der Waals surface area contributed by atoms with Crippen molar-refractivity contribution in [2.75, 3.05) is 33.4 Å². The first-order chi connectivity index (χ1) is 16.0. The lowest BCUT2D eigenvalue weighted by molar-refractivity contribution is -0.134. The fraction of sp³-hybridized carbons (Fsp3) is 0.360. The van der Waals surface area contributed by atoms with E-state index >= 15 is 0 Å². The van der Waals surface area contributed by atoms with Crippen LogP contribution in [0, 0.1) is 0 Å². The normalized spacial score (nSPS) is 16.3. The number of methoxy groups -OCH3 is 1. The molecule has 8 nitrogen and oxygen atoms in total. The van der Waals surface area contributed by atoms with Crippen molar-refractivity contribution in [2.45, 2.75) is 25.6 Å². The lowest BCUT2D eigenvalue weighted by Gasteiger charge is -2.26. The second kappa shape index (κ2) is 12.3. The van der Waals surface area contributed by atoms with Gasteiger partial charge in [-0.1, -0.05) is 48.6 Å². The van der Waals surface area contributed by atoms with Crippen LogP contribution in [0.2, 0.25) is 0 Å². The maximum Gasteiger partial charge on any atom is 0.268 e. The van der Waals surface area contributed by atoms with Crippen molar-refractivity contribution in [3.63, 3.8) is 0 Å². The number of nitrogens with zero attached hydrogens (tertiary/aromatic N) is 1. The molecule has 33 heavy (non-hydrogen) atoms. The smallest absolute Gasteiger partial charge is 0.268 e. The quantitative estimate of drug-likeness (QED) is 0.306. The number of ether oxygens (including phenoxy) is 2. The Morgan fingerprint density at radius 1 is 1.06 bits per heavy atom. The molecule has 2 atom stereocenters. The van der Waals surface area contributed by atoms with Crippen molar-refractivity contribution in [1.29, 1.82) is 0 Å². The highest BCUT2D eigenvalue weighted by atomic mass is 16.5. The van der Waals surface area contributed by atoms with Gasteiger partial charge < -0.3 is 14.8 Å². The predicted molar refractivity (Wildman–Crippen MR) is 126 cm³/mol. The van der Waals surface area contributed by atoms with Gasteiger partial charge in [-0.3, -0.25) is 19.7 Å². The summed E-state index contributed by atoms with van der Waals surface area (Å²) in [5, 5.41) is 11.5. The lowest BCUT2D eigenvalue weighted by Crippen LogP contribution is -2.52. The molecule has 0 aromatic heterocycles. The summed E-state index contributed by atoms with van der Waals surface area (Å²) in [5.41, 5.74) is 5.27. The van der Waals surface area contributed by atoms with E-state index in [1.54, 1.807) is 24.5 Å². The average Bonchev–Trinajstić information content (AvgIpc) is 2.86. The Hall–Kier alpha value is -3.04. The number of hydrogen-bond acceptors (Lipinski definition) is 6. The van der Waals surface area contributed by atoms with Crippen molar-refractivity contribution >= 4 is 24.0 Å². The van der Waals surface area contributed by atoms with Gasteiger partial charge in [0.15, 0.2) is 0 Å². The minimum Gasteiger partial charge on any atom is -0.379 e. The SMILES string of the molecule is COC(C)[C@H](NC(=O)c1ccc(/C=C/c2ccc(CN3CCOCC3)cc2)cc1)C(=O)NO. The Balaban J connectivity index is 1.57. The molecule has 1 fully saturated rings. The van der Waals surface area contributed by atoms with E-state index in [2.05, 4.69) is 34.5 Å². The van der Waals surface area contributed by atoms with E-state index in [0.717, 1.165) is 44.0 Å². The van der Waals surface area contributed by atoms with Crippen molar-refractivity contribution in [3.8, 4) is 0 Å². The van der Waals surface area contributed by atoms with Crippen LogP contribution in [0.25, 0.3) is 12.2 Å².